The van der Waals surface area contributed by atoms with Crippen molar-refractivity contribution in [3.8, 4) is 6.07 Å². The molecule has 2 nitrogen and oxygen atoms in total. The Labute approximate surface area is 99.7 Å². The zero-order valence-electron chi connectivity index (χ0n) is 8.95. The number of hydrogen-bond donors (Lipinski definition) is 1. The SMILES string of the molecule is CSCCCCNCc1cc(C#N)cs1. The highest BCUT2D eigenvalue weighted by atomic mass is 32.2. The van der Waals surface area contributed by atoms with Gasteiger partial charge in [0.1, 0.15) is 6.07 Å². The Morgan fingerprint density at radius 3 is 3.07 bits per heavy atom. The number of thiophene rings is 1. The molecule has 0 aliphatic rings. The van der Waals surface area contributed by atoms with Crippen LogP contribution in [0, 0.1) is 11.3 Å². The molecule has 0 radical (unpaired) electrons. The van der Waals surface area contributed by atoms with Crippen LogP contribution < -0.4 is 5.32 Å². The van der Waals surface area contributed by atoms with E-state index >= 15 is 0 Å². The predicted octanol–water partition coefficient (Wildman–Crippen LogP) is 2.85. The molecular formula is C11H16N2S2. The molecule has 1 rings (SSSR count). The zero-order valence-corrected chi connectivity index (χ0v) is 10.6. The third kappa shape index (κ3) is 5.22. The summed E-state index contributed by atoms with van der Waals surface area (Å²) in [5.74, 6) is 1.25. The van der Waals surface area contributed by atoms with Gasteiger partial charge < -0.3 is 5.32 Å². The largest absolute Gasteiger partial charge is 0.312 e. The number of nitrogens with zero attached hydrogens (tertiary/aromatic N) is 1. The lowest BCUT2D eigenvalue weighted by molar-refractivity contribution is 0.648. The normalized spacial score (nSPS) is 10.1. The van der Waals surface area contributed by atoms with E-state index in [1.807, 2.05) is 23.2 Å². The second-order valence-electron chi connectivity index (χ2n) is 3.29. The van der Waals surface area contributed by atoms with Gasteiger partial charge in [-0.05, 0) is 37.5 Å². The fraction of sp³-hybridized carbons (Fsp3) is 0.545. The summed E-state index contributed by atoms with van der Waals surface area (Å²) in [6.07, 6.45) is 4.65. The van der Waals surface area contributed by atoms with Gasteiger partial charge in [-0.2, -0.15) is 17.0 Å². The molecule has 0 fully saturated rings. The van der Waals surface area contributed by atoms with E-state index in [2.05, 4.69) is 17.6 Å². The van der Waals surface area contributed by atoms with Crippen molar-refractivity contribution in [1.29, 1.82) is 5.26 Å². The van der Waals surface area contributed by atoms with Crippen molar-refractivity contribution in [3.05, 3.63) is 21.9 Å². The fourth-order valence-electron chi connectivity index (χ4n) is 1.24. The van der Waals surface area contributed by atoms with E-state index in [1.54, 1.807) is 11.3 Å². The Hall–Kier alpha value is -0.500. The summed E-state index contributed by atoms with van der Waals surface area (Å²) >= 11 is 3.55. The van der Waals surface area contributed by atoms with Crippen molar-refractivity contribution in [2.24, 2.45) is 0 Å². The van der Waals surface area contributed by atoms with Crippen molar-refractivity contribution in [1.82, 2.24) is 5.32 Å². The Bertz CT molecular complexity index is 315. The van der Waals surface area contributed by atoms with Crippen LogP contribution in [0.5, 0.6) is 0 Å². The molecule has 1 aromatic heterocycles. The topological polar surface area (TPSA) is 35.8 Å². The van der Waals surface area contributed by atoms with Crippen LogP contribution in [0.2, 0.25) is 0 Å². The maximum atomic E-state index is 8.65. The van der Waals surface area contributed by atoms with Crippen molar-refractivity contribution >= 4 is 23.1 Å². The number of rotatable bonds is 7. The molecule has 0 aliphatic carbocycles. The highest BCUT2D eigenvalue weighted by Crippen LogP contribution is 2.13. The van der Waals surface area contributed by atoms with Gasteiger partial charge in [-0.1, -0.05) is 0 Å². The lowest BCUT2D eigenvalue weighted by Gasteiger charge is -2.01. The standard InChI is InChI=1S/C11H16N2S2/c1-14-5-3-2-4-13-8-11-6-10(7-12)9-15-11/h6,9,13H,2-5,8H2,1H3. The molecule has 0 amide bonds. The Morgan fingerprint density at radius 1 is 1.53 bits per heavy atom. The molecule has 0 aromatic carbocycles. The quantitative estimate of drug-likeness (QED) is 0.744. The van der Waals surface area contributed by atoms with Crippen LogP contribution in [0.3, 0.4) is 0 Å². The molecule has 1 N–H and O–H groups in total. The molecule has 4 heteroatoms. The number of hydrogen-bond acceptors (Lipinski definition) is 4. The Balaban J connectivity index is 2.07. The smallest absolute Gasteiger partial charge is 0.100 e. The molecule has 0 unspecified atom stereocenters. The van der Waals surface area contributed by atoms with Crippen LogP contribution in [-0.4, -0.2) is 18.6 Å². The maximum absolute atomic E-state index is 8.65. The van der Waals surface area contributed by atoms with Gasteiger partial charge >= 0.3 is 0 Å². The summed E-state index contributed by atoms with van der Waals surface area (Å²) in [6, 6.07) is 4.10. The summed E-state index contributed by atoms with van der Waals surface area (Å²) < 4.78 is 0. The van der Waals surface area contributed by atoms with Gasteiger partial charge in [-0.15, -0.1) is 11.3 Å². The monoisotopic (exact) mass is 240 g/mol. The number of nitrogens with one attached hydrogen (secondary N) is 1. The van der Waals surface area contributed by atoms with Crippen LogP contribution in [0.4, 0.5) is 0 Å². The molecular weight excluding hydrogens is 224 g/mol. The second-order valence-corrected chi connectivity index (χ2v) is 5.27. The first-order chi connectivity index (χ1) is 7.36. The zero-order chi connectivity index (χ0) is 10.9. The molecule has 1 aromatic rings. The van der Waals surface area contributed by atoms with E-state index in [0.717, 1.165) is 18.7 Å². The first-order valence-corrected chi connectivity index (χ1v) is 7.31. The van der Waals surface area contributed by atoms with Crippen LogP contribution in [-0.2, 0) is 6.54 Å². The predicted molar refractivity (Wildman–Crippen MR) is 68.4 cm³/mol. The van der Waals surface area contributed by atoms with Crippen LogP contribution in [0.1, 0.15) is 23.3 Å². The van der Waals surface area contributed by atoms with Crippen molar-refractivity contribution in [3.63, 3.8) is 0 Å². The maximum Gasteiger partial charge on any atom is 0.100 e. The molecule has 0 aliphatic heterocycles. The van der Waals surface area contributed by atoms with Crippen LogP contribution in [0.25, 0.3) is 0 Å². The third-order valence-corrected chi connectivity index (χ3v) is 3.67. The van der Waals surface area contributed by atoms with Gasteiger partial charge in [0.05, 0.1) is 5.56 Å². The fourth-order valence-corrected chi connectivity index (χ4v) is 2.51. The lowest BCUT2D eigenvalue weighted by Crippen LogP contribution is -2.13. The lowest BCUT2D eigenvalue weighted by atomic mass is 10.3. The third-order valence-electron chi connectivity index (χ3n) is 2.03. The molecule has 0 atom stereocenters. The minimum Gasteiger partial charge on any atom is -0.312 e. The molecule has 0 spiro atoms. The summed E-state index contributed by atoms with van der Waals surface area (Å²) in [7, 11) is 0. The van der Waals surface area contributed by atoms with E-state index < -0.39 is 0 Å². The molecule has 0 bridgehead atoms. The summed E-state index contributed by atoms with van der Waals surface area (Å²) in [4.78, 5) is 1.25. The van der Waals surface area contributed by atoms with Gasteiger partial charge in [-0.3, -0.25) is 0 Å². The van der Waals surface area contributed by atoms with E-state index in [-0.39, 0.29) is 0 Å². The second kappa shape index (κ2) is 7.75. The van der Waals surface area contributed by atoms with Crippen molar-refractivity contribution < 1.29 is 0 Å². The Morgan fingerprint density at radius 2 is 2.40 bits per heavy atom. The first-order valence-electron chi connectivity index (χ1n) is 5.04. The van der Waals surface area contributed by atoms with E-state index in [0.29, 0.717) is 0 Å². The molecule has 15 heavy (non-hydrogen) atoms. The van der Waals surface area contributed by atoms with Crippen LogP contribution >= 0.6 is 23.1 Å². The van der Waals surface area contributed by atoms with Gasteiger partial charge in [0.2, 0.25) is 0 Å². The Kier molecular flexibility index (Phi) is 6.49. The summed E-state index contributed by atoms with van der Waals surface area (Å²) in [5, 5.41) is 14.0. The average Bonchev–Trinajstić information content (AvgIpc) is 2.71. The first kappa shape index (κ1) is 12.6. The number of unbranched alkanes of at least 4 members (excludes halogenated alkanes) is 1. The number of nitriles is 1. The van der Waals surface area contributed by atoms with E-state index in [4.69, 9.17) is 5.26 Å². The average molecular weight is 240 g/mol. The van der Waals surface area contributed by atoms with E-state index in [1.165, 1.54) is 23.5 Å². The van der Waals surface area contributed by atoms with Gasteiger partial charge in [0.15, 0.2) is 0 Å². The molecule has 0 saturated heterocycles. The van der Waals surface area contributed by atoms with Crippen LogP contribution in [0.15, 0.2) is 11.4 Å². The van der Waals surface area contributed by atoms with Gasteiger partial charge in [0.25, 0.3) is 0 Å². The van der Waals surface area contributed by atoms with Crippen molar-refractivity contribution in [2.75, 3.05) is 18.6 Å². The molecule has 0 saturated carbocycles. The van der Waals surface area contributed by atoms with Crippen molar-refractivity contribution in [2.45, 2.75) is 19.4 Å². The molecule has 82 valence electrons. The van der Waals surface area contributed by atoms with E-state index in [9.17, 15) is 0 Å². The number of thioether (sulfide) groups is 1. The minimum atomic E-state index is 0.777. The summed E-state index contributed by atoms with van der Waals surface area (Å²) in [6.45, 7) is 1.96. The minimum absolute atomic E-state index is 0.777. The van der Waals surface area contributed by atoms with Gasteiger partial charge in [-0.25, -0.2) is 0 Å². The highest BCUT2D eigenvalue weighted by Gasteiger charge is 1.97. The summed E-state index contributed by atoms with van der Waals surface area (Å²) in [5.41, 5.74) is 0.777. The van der Waals surface area contributed by atoms with Gasteiger partial charge in [0, 0.05) is 16.8 Å². The molecule has 1 heterocycles. The highest BCUT2D eigenvalue weighted by molar-refractivity contribution is 7.98.